The minimum absolute atomic E-state index is 0.119. The number of hydrogen-bond acceptors (Lipinski definition) is 5. The summed E-state index contributed by atoms with van der Waals surface area (Å²) < 4.78 is 11.0. The summed E-state index contributed by atoms with van der Waals surface area (Å²) in [6, 6.07) is 23.6. The zero-order valence-corrected chi connectivity index (χ0v) is 15.9. The van der Waals surface area contributed by atoms with Crippen LogP contribution in [0, 0.1) is 0 Å². The van der Waals surface area contributed by atoms with Crippen molar-refractivity contribution in [1.82, 2.24) is 0 Å². The van der Waals surface area contributed by atoms with Gasteiger partial charge in [-0.1, -0.05) is 41.6 Å². The largest absolute Gasteiger partial charge is 0.496 e. The molecule has 1 amide bonds. The van der Waals surface area contributed by atoms with Crippen molar-refractivity contribution >= 4 is 17.4 Å². The van der Waals surface area contributed by atoms with Crippen LogP contribution in [0.5, 0.6) is 17.2 Å². The van der Waals surface area contributed by atoms with Crippen LogP contribution in [0.15, 0.2) is 84.0 Å². The highest BCUT2D eigenvalue weighted by molar-refractivity contribution is 5.99. The normalized spacial score (nSPS) is 10.9. The molecule has 0 aliphatic rings. The lowest BCUT2D eigenvalue weighted by Gasteiger charge is -2.09. The number of hydrogen-bond donors (Lipinski definition) is 2. The number of anilines is 1. The van der Waals surface area contributed by atoms with Gasteiger partial charge in [-0.2, -0.15) is 0 Å². The summed E-state index contributed by atoms with van der Waals surface area (Å²) in [5.74, 6) is 1.62. The smallest absolute Gasteiger partial charge is 0.265 e. The molecule has 0 aromatic heterocycles. The van der Waals surface area contributed by atoms with Crippen molar-refractivity contribution in [1.29, 1.82) is 0 Å². The third kappa shape index (κ3) is 5.74. The topological polar surface area (TPSA) is 95.2 Å². The third-order valence-electron chi connectivity index (χ3n) is 3.84. The molecule has 0 radical (unpaired) electrons. The fraction of sp³-hybridized carbons (Fsp3) is 0.0909. The Labute approximate surface area is 168 Å². The van der Waals surface area contributed by atoms with E-state index in [-0.39, 0.29) is 18.3 Å². The molecule has 29 heavy (non-hydrogen) atoms. The predicted molar refractivity (Wildman–Crippen MR) is 111 cm³/mol. The van der Waals surface area contributed by atoms with Gasteiger partial charge in [-0.25, -0.2) is 0 Å². The van der Waals surface area contributed by atoms with E-state index in [1.165, 1.54) is 7.11 Å². The standard InChI is InChI=1S/C22H21N3O4/c1-27-20-13-6-5-12-19(20)22(23)25-28-15-21(26)24-16-8-7-11-18(14-16)29-17-9-3-2-4-10-17/h2-14H,15H2,1H3,(H2,23,25)(H,24,26). The van der Waals surface area contributed by atoms with E-state index in [1.807, 2.05) is 36.4 Å². The molecule has 3 rings (SSSR count). The molecule has 0 heterocycles. The van der Waals surface area contributed by atoms with E-state index in [1.54, 1.807) is 42.5 Å². The Morgan fingerprint density at radius 2 is 1.69 bits per heavy atom. The molecule has 7 nitrogen and oxygen atoms in total. The van der Waals surface area contributed by atoms with E-state index in [9.17, 15) is 4.79 Å². The maximum Gasteiger partial charge on any atom is 0.265 e. The highest BCUT2D eigenvalue weighted by atomic mass is 16.6. The number of methoxy groups -OCH3 is 1. The van der Waals surface area contributed by atoms with Gasteiger partial charge in [0.1, 0.15) is 17.2 Å². The summed E-state index contributed by atoms with van der Waals surface area (Å²) in [5.41, 5.74) is 7.06. The lowest BCUT2D eigenvalue weighted by atomic mass is 10.2. The van der Waals surface area contributed by atoms with Crippen LogP contribution >= 0.6 is 0 Å². The third-order valence-corrected chi connectivity index (χ3v) is 3.84. The number of benzene rings is 3. The maximum absolute atomic E-state index is 12.1. The van der Waals surface area contributed by atoms with Crippen molar-refractivity contribution in [3.05, 3.63) is 84.4 Å². The van der Waals surface area contributed by atoms with Crippen molar-refractivity contribution < 1.29 is 19.1 Å². The average molecular weight is 391 g/mol. The Morgan fingerprint density at radius 3 is 2.48 bits per heavy atom. The second-order valence-electron chi connectivity index (χ2n) is 5.94. The van der Waals surface area contributed by atoms with Gasteiger partial charge in [0, 0.05) is 11.8 Å². The summed E-state index contributed by atoms with van der Waals surface area (Å²) in [7, 11) is 1.54. The number of para-hydroxylation sites is 2. The minimum atomic E-state index is -0.376. The number of rotatable bonds is 8. The molecule has 0 aliphatic carbocycles. The molecule has 0 aliphatic heterocycles. The quantitative estimate of drug-likeness (QED) is 0.346. The second kappa shape index (κ2) is 9.80. The van der Waals surface area contributed by atoms with Crippen LogP contribution in [-0.2, 0) is 9.63 Å². The van der Waals surface area contributed by atoms with Crippen molar-refractivity contribution in [2.45, 2.75) is 0 Å². The molecule has 0 fully saturated rings. The molecule has 0 atom stereocenters. The van der Waals surface area contributed by atoms with E-state index in [0.717, 1.165) is 0 Å². The van der Waals surface area contributed by atoms with E-state index < -0.39 is 0 Å². The van der Waals surface area contributed by atoms with Crippen LogP contribution in [0.25, 0.3) is 0 Å². The highest BCUT2D eigenvalue weighted by Gasteiger charge is 2.08. The number of carbonyl (C=O) groups is 1. The van der Waals surface area contributed by atoms with E-state index in [0.29, 0.717) is 28.5 Å². The van der Waals surface area contributed by atoms with Gasteiger partial charge in [-0.05, 0) is 36.4 Å². The Bertz CT molecular complexity index is 990. The zero-order chi connectivity index (χ0) is 20.5. The Balaban J connectivity index is 1.55. The summed E-state index contributed by atoms with van der Waals surface area (Å²) in [4.78, 5) is 17.2. The Kier molecular flexibility index (Phi) is 6.67. The molecule has 3 aromatic carbocycles. The highest BCUT2D eigenvalue weighted by Crippen LogP contribution is 2.23. The first-order valence-electron chi connectivity index (χ1n) is 8.87. The second-order valence-corrected chi connectivity index (χ2v) is 5.94. The van der Waals surface area contributed by atoms with Gasteiger partial charge in [0.15, 0.2) is 12.4 Å². The van der Waals surface area contributed by atoms with Crippen molar-refractivity contribution in [2.75, 3.05) is 19.0 Å². The first-order valence-corrected chi connectivity index (χ1v) is 8.87. The number of amidine groups is 1. The number of nitrogens with one attached hydrogen (secondary N) is 1. The predicted octanol–water partition coefficient (Wildman–Crippen LogP) is 3.76. The number of carbonyl (C=O) groups excluding carboxylic acids is 1. The summed E-state index contributed by atoms with van der Waals surface area (Å²) >= 11 is 0. The van der Waals surface area contributed by atoms with Crippen molar-refractivity contribution in [3.8, 4) is 17.2 Å². The molecule has 3 aromatic rings. The van der Waals surface area contributed by atoms with Crippen LogP contribution in [0.4, 0.5) is 5.69 Å². The number of nitrogens with two attached hydrogens (primary N) is 1. The van der Waals surface area contributed by atoms with Crippen molar-refractivity contribution in [3.63, 3.8) is 0 Å². The molecule has 0 unspecified atom stereocenters. The lowest BCUT2D eigenvalue weighted by molar-refractivity contribution is -0.120. The molecule has 148 valence electrons. The van der Waals surface area contributed by atoms with Crippen LogP contribution in [-0.4, -0.2) is 25.5 Å². The Hall–Kier alpha value is -4.00. The monoisotopic (exact) mass is 391 g/mol. The lowest BCUT2D eigenvalue weighted by Crippen LogP contribution is -2.19. The number of oxime groups is 1. The molecule has 0 bridgehead atoms. The molecule has 7 heteroatoms. The van der Waals surface area contributed by atoms with Gasteiger partial charge in [0.25, 0.3) is 5.91 Å². The first kappa shape index (κ1) is 19.8. The molecule has 0 saturated heterocycles. The van der Waals surface area contributed by atoms with Gasteiger partial charge < -0.3 is 25.4 Å². The van der Waals surface area contributed by atoms with Crippen LogP contribution in [0.2, 0.25) is 0 Å². The van der Waals surface area contributed by atoms with Gasteiger partial charge in [0.05, 0.1) is 12.7 Å². The maximum atomic E-state index is 12.1. The average Bonchev–Trinajstić information content (AvgIpc) is 2.74. The minimum Gasteiger partial charge on any atom is -0.496 e. The fourth-order valence-electron chi connectivity index (χ4n) is 2.52. The van der Waals surface area contributed by atoms with E-state index in [4.69, 9.17) is 20.0 Å². The molecule has 0 spiro atoms. The van der Waals surface area contributed by atoms with Gasteiger partial charge in [-0.15, -0.1) is 0 Å². The van der Waals surface area contributed by atoms with Crippen LogP contribution in [0.1, 0.15) is 5.56 Å². The van der Waals surface area contributed by atoms with Gasteiger partial charge in [-0.3, -0.25) is 4.79 Å². The van der Waals surface area contributed by atoms with E-state index >= 15 is 0 Å². The fourth-order valence-corrected chi connectivity index (χ4v) is 2.52. The molecule has 0 saturated carbocycles. The summed E-state index contributed by atoms with van der Waals surface area (Å²) in [5, 5.41) is 6.51. The van der Waals surface area contributed by atoms with Crippen LogP contribution < -0.4 is 20.5 Å². The van der Waals surface area contributed by atoms with Gasteiger partial charge >= 0.3 is 0 Å². The summed E-state index contributed by atoms with van der Waals surface area (Å²) in [6.07, 6.45) is 0. The van der Waals surface area contributed by atoms with Crippen LogP contribution in [0.3, 0.4) is 0 Å². The Morgan fingerprint density at radius 1 is 0.966 bits per heavy atom. The molecular formula is C22H21N3O4. The van der Waals surface area contributed by atoms with E-state index in [2.05, 4.69) is 10.5 Å². The number of ether oxygens (including phenoxy) is 2. The molecular weight excluding hydrogens is 370 g/mol. The molecule has 3 N–H and O–H groups in total. The zero-order valence-electron chi connectivity index (χ0n) is 15.9. The van der Waals surface area contributed by atoms with Gasteiger partial charge in [0.2, 0.25) is 0 Å². The number of amides is 1. The SMILES string of the molecule is COc1ccccc1/C(N)=N/OCC(=O)Nc1cccc(Oc2ccccc2)c1. The first-order chi connectivity index (χ1) is 14.2. The number of nitrogens with zero attached hydrogens (tertiary/aromatic N) is 1. The van der Waals surface area contributed by atoms with Crippen molar-refractivity contribution in [2.24, 2.45) is 10.9 Å². The summed E-state index contributed by atoms with van der Waals surface area (Å²) in [6.45, 7) is -0.292.